The number of phosphoric acid groups is 2. The number of carbonyl (C=O) groups is 4. The minimum absolute atomic E-state index is 0.0944. The molecule has 3 N–H and O–H groups in total. The van der Waals surface area contributed by atoms with Crippen molar-refractivity contribution in [2.24, 2.45) is 0 Å². The molecule has 0 aromatic carbocycles. The SMILES string of the molecule is CCCCCC/C=C\CCCCCCCCCC(=O)O[C@H](COC(=O)CCCCCCC/C=C\CCCCCC)COP(=O)(O)OC[C@@H](O)COP(=O)(O)OC[C@@H](COC(=O)CCCCCCC/C=C\CCCCCC)OC(=O)CCCCCCCCCCCCCCC. The standard InChI is InChI=1S/C75H140O17P2/c1-5-9-13-17-21-25-29-33-34-38-42-46-50-54-58-62-75(80)92-71(66-86-73(78)60-56-52-48-44-40-36-31-27-23-19-15-11-7-3)68-90-94(83,84)88-64-69(76)63-87-93(81,82)89-67-70(91-74(79)61-57-53-49-45-41-37-32-28-24-20-16-12-8-4)65-85-72(77)59-55-51-47-43-39-35-30-26-22-18-14-10-6-2/h25-27,29-31,69-71,76H,5-24,28,32-68H2,1-4H3,(H,81,82)(H,83,84)/b29-25-,30-26-,31-27-/t69-,70+,71+/m0/s1. The Morgan fingerprint density at radius 2 is 0.489 bits per heavy atom. The van der Waals surface area contributed by atoms with Crippen molar-refractivity contribution < 1.29 is 80.2 Å². The molecule has 2 unspecified atom stereocenters. The lowest BCUT2D eigenvalue weighted by molar-refractivity contribution is -0.161. The molecule has 5 atom stereocenters. The third kappa shape index (κ3) is 67.8. The molecule has 0 rings (SSSR count). The van der Waals surface area contributed by atoms with E-state index in [9.17, 15) is 43.2 Å². The predicted molar refractivity (Wildman–Crippen MR) is 381 cm³/mol. The van der Waals surface area contributed by atoms with E-state index < -0.39 is 97.5 Å². The summed E-state index contributed by atoms with van der Waals surface area (Å²) in [6.07, 6.45) is 62.7. The number of hydrogen-bond acceptors (Lipinski definition) is 15. The average molecular weight is 1380 g/mol. The van der Waals surface area contributed by atoms with Crippen molar-refractivity contribution in [2.75, 3.05) is 39.6 Å². The summed E-state index contributed by atoms with van der Waals surface area (Å²) in [5.41, 5.74) is 0. The first kappa shape index (κ1) is 91.3. The molecule has 0 saturated carbocycles. The van der Waals surface area contributed by atoms with Gasteiger partial charge in [0.05, 0.1) is 26.4 Å². The number of carbonyl (C=O) groups excluding carboxylic acids is 4. The number of ether oxygens (including phenoxy) is 4. The second kappa shape index (κ2) is 68.8. The number of aliphatic hydroxyl groups is 1. The quantitative estimate of drug-likeness (QED) is 0.0169. The van der Waals surface area contributed by atoms with Gasteiger partial charge in [-0.15, -0.1) is 0 Å². The van der Waals surface area contributed by atoms with Gasteiger partial charge in [0.15, 0.2) is 12.2 Å². The van der Waals surface area contributed by atoms with Crippen LogP contribution in [0.2, 0.25) is 0 Å². The van der Waals surface area contributed by atoms with Crippen molar-refractivity contribution in [3.8, 4) is 0 Å². The van der Waals surface area contributed by atoms with Crippen molar-refractivity contribution in [1.29, 1.82) is 0 Å². The summed E-state index contributed by atoms with van der Waals surface area (Å²) < 4.78 is 68.4. The van der Waals surface area contributed by atoms with Gasteiger partial charge in [0, 0.05) is 25.7 Å². The van der Waals surface area contributed by atoms with Crippen LogP contribution in [0.15, 0.2) is 36.5 Å². The van der Waals surface area contributed by atoms with Crippen LogP contribution in [0.4, 0.5) is 0 Å². The number of phosphoric ester groups is 2. The molecular formula is C75H140O17P2. The maximum atomic E-state index is 13.1. The van der Waals surface area contributed by atoms with Crippen LogP contribution in [0, 0.1) is 0 Å². The Bertz CT molecular complexity index is 1930. The van der Waals surface area contributed by atoms with Crippen LogP contribution in [0.3, 0.4) is 0 Å². The van der Waals surface area contributed by atoms with Gasteiger partial charge in [0.1, 0.15) is 19.3 Å². The van der Waals surface area contributed by atoms with Gasteiger partial charge in [0.25, 0.3) is 0 Å². The molecule has 0 radical (unpaired) electrons. The molecular weight excluding hydrogens is 1230 g/mol. The van der Waals surface area contributed by atoms with Crippen molar-refractivity contribution in [3.05, 3.63) is 36.5 Å². The van der Waals surface area contributed by atoms with E-state index in [0.717, 1.165) is 154 Å². The number of aliphatic hydroxyl groups excluding tert-OH is 1. The molecule has 0 aromatic rings. The largest absolute Gasteiger partial charge is 0.472 e. The molecule has 17 nitrogen and oxygen atoms in total. The molecule has 0 aromatic heterocycles. The van der Waals surface area contributed by atoms with Crippen LogP contribution in [0.1, 0.15) is 362 Å². The van der Waals surface area contributed by atoms with Gasteiger partial charge in [-0.25, -0.2) is 9.13 Å². The molecule has 0 spiro atoms. The third-order valence-electron chi connectivity index (χ3n) is 16.6. The number of rotatable bonds is 73. The second-order valence-corrected chi connectivity index (χ2v) is 28.9. The van der Waals surface area contributed by atoms with Crippen LogP contribution in [-0.2, 0) is 65.4 Å². The lowest BCUT2D eigenvalue weighted by Gasteiger charge is -2.21. The van der Waals surface area contributed by atoms with Gasteiger partial charge in [0.2, 0.25) is 0 Å². The summed E-state index contributed by atoms with van der Waals surface area (Å²) in [6, 6.07) is 0. The minimum Gasteiger partial charge on any atom is -0.462 e. The summed E-state index contributed by atoms with van der Waals surface area (Å²) in [6.45, 7) is 4.87. The first-order valence-corrected chi connectivity index (χ1v) is 41.2. The summed E-state index contributed by atoms with van der Waals surface area (Å²) in [7, 11) is -9.93. The molecule has 19 heteroatoms. The minimum atomic E-state index is -4.96. The Morgan fingerprint density at radius 1 is 0.287 bits per heavy atom. The molecule has 0 aliphatic rings. The van der Waals surface area contributed by atoms with E-state index in [1.54, 1.807) is 0 Å². The molecule has 0 aliphatic carbocycles. The van der Waals surface area contributed by atoms with Crippen molar-refractivity contribution in [3.63, 3.8) is 0 Å². The third-order valence-corrected chi connectivity index (χ3v) is 18.5. The van der Waals surface area contributed by atoms with Crippen molar-refractivity contribution in [1.82, 2.24) is 0 Å². The predicted octanol–water partition coefficient (Wildman–Crippen LogP) is 21.6. The summed E-state index contributed by atoms with van der Waals surface area (Å²) in [5, 5.41) is 10.6. The molecule has 552 valence electrons. The number of unbranched alkanes of at least 4 members (excludes halogenated alkanes) is 41. The fraction of sp³-hybridized carbons (Fsp3) is 0.867. The summed E-state index contributed by atoms with van der Waals surface area (Å²) in [4.78, 5) is 72.7. The number of allylic oxidation sites excluding steroid dienone is 6. The maximum Gasteiger partial charge on any atom is 0.472 e. The first-order chi connectivity index (χ1) is 45.7. The van der Waals surface area contributed by atoms with Gasteiger partial charge < -0.3 is 33.8 Å². The highest BCUT2D eigenvalue weighted by Gasteiger charge is 2.30. The molecule has 0 amide bonds. The van der Waals surface area contributed by atoms with Crippen LogP contribution >= 0.6 is 15.6 Å². The molecule has 0 aliphatic heterocycles. The van der Waals surface area contributed by atoms with E-state index in [1.807, 2.05) is 0 Å². The zero-order valence-electron chi connectivity index (χ0n) is 60.2. The highest BCUT2D eigenvalue weighted by atomic mass is 31.2. The molecule has 0 bridgehead atoms. The lowest BCUT2D eigenvalue weighted by atomic mass is 10.0. The molecule has 94 heavy (non-hydrogen) atoms. The molecule has 0 saturated heterocycles. The summed E-state index contributed by atoms with van der Waals surface area (Å²) >= 11 is 0. The van der Waals surface area contributed by atoms with Gasteiger partial charge in [-0.3, -0.25) is 37.3 Å². The number of hydrogen-bond donors (Lipinski definition) is 3. The average Bonchev–Trinajstić information content (AvgIpc) is 2.26. The van der Waals surface area contributed by atoms with Crippen LogP contribution < -0.4 is 0 Å². The Hall–Kier alpha value is -2.72. The van der Waals surface area contributed by atoms with E-state index in [-0.39, 0.29) is 25.7 Å². The van der Waals surface area contributed by atoms with Crippen LogP contribution in [0.5, 0.6) is 0 Å². The monoisotopic (exact) mass is 1370 g/mol. The van der Waals surface area contributed by atoms with E-state index in [4.69, 9.17) is 37.0 Å². The van der Waals surface area contributed by atoms with E-state index in [2.05, 4.69) is 64.2 Å². The van der Waals surface area contributed by atoms with Gasteiger partial charge in [-0.1, -0.05) is 270 Å². The van der Waals surface area contributed by atoms with E-state index in [1.165, 1.54) is 128 Å². The Balaban J connectivity index is 5.31. The highest BCUT2D eigenvalue weighted by Crippen LogP contribution is 2.45. The Labute approximate surface area is 573 Å². The Morgan fingerprint density at radius 3 is 0.745 bits per heavy atom. The Kier molecular flexibility index (Phi) is 66.8. The molecule has 0 heterocycles. The number of esters is 4. The van der Waals surface area contributed by atoms with Crippen LogP contribution in [-0.4, -0.2) is 96.7 Å². The van der Waals surface area contributed by atoms with Gasteiger partial charge >= 0.3 is 39.5 Å². The van der Waals surface area contributed by atoms with Crippen molar-refractivity contribution in [2.45, 2.75) is 380 Å². The zero-order valence-corrected chi connectivity index (χ0v) is 61.9. The lowest BCUT2D eigenvalue weighted by Crippen LogP contribution is -2.30. The van der Waals surface area contributed by atoms with Gasteiger partial charge in [-0.2, -0.15) is 0 Å². The maximum absolute atomic E-state index is 13.1. The van der Waals surface area contributed by atoms with E-state index >= 15 is 0 Å². The van der Waals surface area contributed by atoms with Crippen molar-refractivity contribution >= 4 is 39.5 Å². The van der Waals surface area contributed by atoms with Crippen LogP contribution in [0.25, 0.3) is 0 Å². The summed E-state index contributed by atoms with van der Waals surface area (Å²) in [5.74, 6) is -2.16. The topological polar surface area (TPSA) is 237 Å². The highest BCUT2D eigenvalue weighted by molar-refractivity contribution is 7.47. The normalized spacial score (nSPS) is 14.2. The van der Waals surface area contributed by atoms with Gasteiger partial charge in [-0.05, 0) is 103 Å². The first-order valence-electron chi connectivity index (χ1n) is 38.2. The molecule has 0 fully saturated rings. The fourth-order valence-electron chi connectivity index (χ4n) is 10.7. The smallest absolute Gasteiger partial charge is 0.462 e. The zero-order chi connectivity index (χ0) is 69.0. The fourth-order valence-corrected chi connectivity index (χ4v) is 12.3. The van der Waals surface area contributed by atoms with E-state index in [0.29, 0.717) is 25.7 Å². The second-order valence-electron chi connectivity index (χ2n) is 25.9.